The quantitative estimate of drug-likeness (QED) is 0.636. The van der Waals surface area contributed by atoms with Crippen LogP contribution in [0.25, 0.3) is 6.08 Å². The third-order valence-corrected chi connectivity index (χ3v) is 2.11. The number of hydrogen-bond donors (Lipinski definition) is 1. The van der Waals surface area contributed by atoms with Gasteiger partial charge < -0.3 is 5.11 Å². The second-order valence-corrected chi connectivity index (χ2v) is 2.79. The summed E-state index contributed by atoms with van der Waals surface area (Å²) in [4.78, 5) is 10.6. The van der Waals surface area contributed by atoms with Crippen molar-refractivity contribution >= 4 is 12.4 Å². The topological polar surface area (TPSA) is 37.3 Å². The molecule has 0 bridgehead atoms. The molecule has 2 nitrogen and oxygen atoms in total. The van der Waals surface area contributed by atoms with Crippen molar-refractivity contribution in [3.63, 3.8) is 0 Å². The molecule has 1 aliphatic rings. The van der Waals surface area contributed by atoms with Gasteiger partial charge in [0.2, 0.25) is 0 Å². The number of phenols is 1. The molecule has 1 aromatic carbocycles. The number of fused-ring (bicyclic) bond motifs is 1. The van der Waals surface area contributed by atoms with Gasteiger partial charge in [-0.25, -0.2) is 0 Å². The maximum atomic E-state index is 10.6. The van der Waals surface area contributed by atoms with Gasteiger partial charge in [-0.05, 0) is 23.6 Å². The average Bonchev–Trinajstić information content (AvgIpc) is 2.52. The van der Waals surface area contributed by atoms with Gasteiger partial charge in [0.1, 0.15) is 5.75 Å². The minimum Gasteiger partial charge on any atom is -0.507 e. The van der Waals surface area contributed by atoms with Crippen LogP contribution in [0, 0.1) is 0 Å². The highest BCUT2D eigenvalue weighted by Gasteiger charge is 2.12. The summed E-state index contributed by atoms with van der Waals surface area (Å²) in [5.41, 5.74) is 2.40. The normalized spacial score (nSPS) is 13.0. The minimum absolute atomic E-state index is 0.0763. The van der Waals surface area contributed by atoms with Crippen molar-refractivity contribution in [2.75, 3.05) is 0 Å². The predicted octanol–water partition coefficient (Wildman–Crippen LogP) is 1.77. The van der Waals surface area contributed by atoms with Crippen LogP contribution in [-0.2, 0) is 6.42 Å². The summed E-state index contributed by atoms with van der Waals surface area (Å²) in [5, 5.41) is 9.32. The number of aromatic hydroxyl groups is 1. The molecular weight excluding hydrogens is 152 g/mol. The molecule has 60 valence electrons. The van der Waals surface area contributed by atoms with Gasteiger partial charge in [-0.1, -0.05) is 18.2 Å². The Balaban J connectivity index is 2.69. The molecule has 0 aliphatic heterocycles. The zero-order valence-corrected chi connectivity index (χ0v) is 6.45. The summed E-state index contributed by atoms with van der Waals surface area (Å²) >= 11 is 0. The van der Waals surface area contributed by atoms with Gasteiger partial charge in [0.05, 0.1) is 5.56 Å². The molecule has 0 amide bonds. The largest absolute Gasteiger partial charge is 0.507 e. The molecule has 0 unspecified atom stereocenters. The molecule has 1 N–H and O–H groups in total. The number of allylic oxidation sites excluding steroid dienone is 1. The van der Waals surface area contributed by atoms with Crippen molar-refractivity contribution in [1.82, 2.24) is 0 Å². The molecule has 0 saturated heterocycles. The van der Waals surface area contributed by atoms with Crippen molar-refractivity contribution in [2.24, 2.45) is 0 Å². The Bertz CT molecular complexity index is 364. The van der Waals surface area contributed by atoms with Gasteiger partial charge in [-0.3, -0.25) is 4.79 Å². The predicted molar refractivity (Wildman–Crippen MR) is 46.2 cm³/mol. The van der Waals surface area contributed by atoms with Crippen LogP contribution in [0.2, 0.25) is 0 Å². The molecule has 1 aromatic rings. The summed E-state index contributed by atoms with van der Waals surface area (Å²) in [5.74, 6) is 0.0763. The SMILES string of the molecule is O=Cc1c(O)ccc2c1CC=C2. The third kappa shape index (κ3) is 0.848. The van der Waals surface area contributed by atoms with Crippen LogP contribution in [0.3, 0.4) is 0 Å². The van der Waals surface area contributed by atoms with Crippen molar-refractivity contribution in [1.29, 1.82) is 0 Å². The first-order chi connectivity index (χ1) is 5.83. The molecule has 1 aliphatic carbocycles. The lowest BCUT2D eigenvalue weighted by molar-refractivity contribution is 0.112. The van der Waals surface area contributed by atoms with E-state index < -0.39 is 0 Å². The number of carbonyl (C=O) groups is 1. The van der Waals surface area contributed by atoms with E-state index in [0.29, 0.717) is 11.8 Å². The van der Waals surface area contributed by atoms with Crippen LogP contribution in [0.5, 0.6) is 5.75 Å². The van der Waals surface area contributed by atoms with Crippen LogP contribution < -0.4 is 0 Å². The Morgan fingerprint density at radius 1 is 1.42 bits per heavy atom. The van der Waals surface area contributed by atoms with Crippen molar-refractivity contribution in [3.8, 4) is 5.75 Å². The summed E-state index contributed by atoms with van der Waals surface area (Å²) < 4.78 is 0. The van der Waals surface area contributed by atoms with E-state index >= 15 is 0 Å². The van der Waals surface area contributed by atoms with E-state index in [4.69, 9.17) is 0 Å². The van der Waals surface area contributed by atoms with Gasteiger partial charge in [0, 0.05) is 0 Å². The second-order valence-electron chi connectivity index (χ2n) is 2.79. The maximum Gasteiger partial charge on any atom is 0.154 e. The molecule has 0 heterocycles. The lowest BCUT2D eigenvalue weighted by Crippen LogP contribution is -1.91. The van der Waals surface area contributed by atoms with Crippen LogP contribution in [0.15, 0.2) is 18.2 Å². The molecule has 0 saturated carbocycles. The van der Waals surface area contributed by atoms with Gasteiger partial charge in [-0.2, -0.15) is 0 Å². The maximum absolute atomic E-state index is 10.6. The van der Waals surface area contributed by atoms with Gasteiger partial charge in [0.25, 0.3) is 0 Å². The molecule has 0 spiro atoms. The van der Waals surface area contributed by atoms with Gasteiger partial charge in [0.15, 0.2) is 6.29 Å². The van der Waals surface area contributed by atoms with Crippen molar-refractivity contribution < 1.29 is 9.90 Å². The summed E-state index contributed by atoms with van der Waals surface area (Å²) in [6.45, 7) is 0. The Morgan fingerprint density at radius 3 is 3.00 bits per heavy atom. The van der Waals surface area contributed by atoms with Crippen LogP contribution in [0.4, 0.5) is 0 Å². The van der Waals surface area contributed by atoms with Gasteiger partial charge in [-0.15, -0.1) is 0 Å². The average molecular weight is 160 g/mol. The highest BCUT2D eigenvalue weighted by Crippen LogP contribution is 2.28. The Morgan fingerprint density at radius 2 is 2.25 bits per heavy atom. The number of aldehydes is 1. The third-order valence-electron chi connectivity index (χ3n) is 2.11. The number of rotatable bonds is 1. The molecule has 2 heteroatoms. The van der Waals surface area contributed by atoms with Crippen molar-refractivity contribution in [3.05, 3.63) is 34.9 Å². The molecule has 0 fully saturated rings. The van der Waals surface area contributed by atoms with Gasteiger partial charge >= 0.3 is 0 Å². The number of carbonyl (C=O) groups excluding carboxylic acids is 1. The highest BCUT2D eigenvalue weighted by molar-refractivity contribution is 5.85. The molecule has 0 atom stereocenters. The fourth-order valence-electron chi connectivity index (χ4n) is 1.49. The van der Waals surface area contributed by atoms with Crippen LogP contribution in [0.1, 0.15) is 21.5 Å². The number of hydrogen-bond acceptors (Lipinski definition) is 2. The van der Waals surface area contributed by atoms with E-state index in [2.05, 4.69) is 0 Å². The van der Waals surface area contributed by atoms with E-state index in [0.717, 1.165) is 17.5 Å². The smallest absolute Gasteiger partial charge is 0.154 e. The first kappa shape index (κ1) is 7.10. The molecule has 0 aromatic heterocycles. The Labute approximate surface area is 70.2 Å². The lowest BCUT2D eigenvalue weighted by atomic mass is 10.0. The summed E-state index contributed by atoms with van der Waals surface area (Å²) in [6.07, 6.45) is 5.40. The molecule has 0 radical (unpaired) electrons. The fourth-order valence-corrected chi connectivity index (χ4v) is 1.49. The van der Waals surface area contributed by atoms with E-state index in [1.54, 1.807) is 6.07 Å². The molecule has 2 rings (SSSR count). The lowest BCUT2D eigenvalue weighted by Gasteiger charge is -2.03. The minimum atomic E-state index is 0.0763. The van der Waals surface area contributed by atoms with E-state index in [-0.39, 0.29) is 5.75 Å². The van der Waals surface area contributed by atoms with E-state index in [9.17, 15) is 9.90 Å². The molecule has 12 heavy (non-hydrogen) atoms. The van der Waals surface area contributed by atoms with Crippen LogP contribution in [-0.4, -0.2) is 11.4 Å². The first-order valence-corrected chi connectivity index (χ1v) is 3.79. The van der Waals surface area contributed by atoms with Crippen LogP contribution >= 0.6 is 0 Å². The standard InChI is InChI=1S/C10H8O2/c11-6-9-8-3-1-2-7(8)4-5-10(9)12/h1-2,4-6,12H,3H2. The number of phenolic OH excluding ortho intramolecular Hbond substituents is 1. The Kier molecular flexibility index (Phi) is 1.47. The van der Waals surface area contributed by atoms with Crippen molar-refractivity contribution in [2.45, 2.75) is 6.42 Å². The summed E-state index contributed by atoms with van der Waals surface area (Å²) in [6, 6.07) is 3.37. The zero-order chi connectivity index (χ0) is 8.55. The first-order valence-electron chi connectivity index (χ1n) is 3.79. The highest BCUT2D eigenvalue weighted by atomic mass is 16.3. The fraction of sp³-hybridized carbons (Fsp3) is 0.100. The Hall–Kier alpha value is -1.57. The van der Waals surface area contributed by atoms with E-state index in [1.165, 1.54) is 0 Å². The second kappa shape index (κ2) is 2.48. The monoisotopic (exact) mass is 160 g/mol. The van der Waals surface area contributed by atoms with E-state index in [1.807, 2.05) is 18.2 Å². The zero-order valence-electron chi connectivity index (χ0n) is 6.45. The summed E-state index contributed by atoms with van der Waals surface area (Å²) in [7, 11) is 0. The molecular formula is C10H8O2. The number of benzene rings is 1.